The fourth-order valence-electron chi connectivity index (χ4n) is 5.38. The smallest absolute Gasteiger partial charge is 0.258 e. The third kappa shape index (κ3) is 5.83. The van der Waals surface area contributed by atoms with Gasteiger partial charge in [-0.15, -0.1) is 11.3 Å². The van der Waals surface area contributed by atoms with Gasteiger partial charge in [0.1, 0.15) is 11.6 Å². The first-order valence-electron chi connectivity index (χ1n) is 13.4. The molecule has 1 unspecified atom stereocenters. The van der Waals surface area contributed by atoms with Gasteiger partial charge in [-0.3, -0.25) is 24.4 Å². The molecular weight excluding hydrogens is 528 g/mol. The molecule has 11 nitrogen and oxygen atoms in total. The van der Waals surface area contributed by atoms with Gasteiger partial charge in [0.05, 0.1) is 16.3 Å². The minimum absolute atomic E-state index is 0.0338. The lowest BCUT2D eigenvalue weighted by Crippen LogP contribution is -2.67. The van der Waals surface area contributed by atoms with Crippen molar-refractivity contribution >= 4 is 45.1 Å². The normalized spacial score (nSPS) is 21.7. The fraction of sp³-hybridized carbons (Fsp3) is 0.393. The molecule has 0 radical (unpaired) electrons. The largest absolute Gasteiger partial charge is 0.370 e. The van der Waals surface area contributed by atoms with Crippen LogP contribution in [-0.4, -0.2) is 75.8 Å². The molecular formula is C28H34N8O3S. The van der Waals surface area contributed by atoms with E-state index in [0.717, 1.165) is 15.8 Å². The van der Waals surface area contributed by atoms with E-state index >= 15 is 0 Å². The second kappa shape index (κ2) is 11.7. The first kappa shape index (κ1) is 27.7. The number of carbonyl (C=O) groups excluding carboxylic acids is 3. The topological polar surface area (TPSA) is 173 Å². The number of amides is 2. The van der Waals surface area contributed by atoms with Gasteiger partial charge in [-0.2, -0.15) is 0 Å². The maximum Gasteiger partial charge on any atom is 0.258 e. The number of nitrogens with two attached hydrogens (primary N) is 3. The van der Waals surface area contributed by atoms with Crippen molar-refractivity contribution < 1.29 is 14.4 Å². The van der Waals surface area contributed by atoms with Crippen molar-refractivity contribution in [1.82, 2.24) is 20.3 Å². The molecule has 3 atom stereocenters. The summed E-state index contributed by atoms with van der Waals surface area (Å²) in [5.74, 6) is -0.979. The Kier molecular flexibility index (Phi) is 8.10. The Hall–Kier alpha value is -3.87. The highest BCUT2D eigenvalue weighted by molar-refractivity contribution is 7.20. The number of para-hydroxylation sites is 1. The van der Waals surface area contributed by atoms with E-state index in [1.54, 1.807) is 0 Å². The Balaban J connectivity index is 1.33. The van der Waals surface area contributed by atoms with E-state index in [9.17, 15) is 14.4 Å². The van der Waals surface area contributed by atoms with Crippen molar-refractivity contribution in [2.75, 3.05) is 19.6 Å². The third-order valence-corrected chi connectivity index (χ3v) is 8.51. The quantitative estimate of drug-likeness (QED) is 0.123. The number of nitrogens with zero attached hydrogens (tertiary/aromatic N) is 4. The van der Waals surface area contributed by atoms with E-state index in [4.69, 9.17) is 17.2 Å². The molecule has 2 fully saturated rings. The van der Waals surface area contributed by atoms with Gasteiger partial charge in [0.2, 0.25) is 11.7 Å². The standard InChI is InChI=1S/C28H34N8O3S/c29-27(30)32-14-6-10-20(23(37)25-34-19-9-4-5-11-22(19)40-25)33-24(38)21-12-15-35-16-13-28(31,26(39)36(21)35)17-18-7-2-1-3-8-18/h1-5,7-9,11,20-21H,6,10,12-17,31H2,(H,33,38)(H4,29,30,32)/t20?,21-,28-/m0/s1. The lowest BCUT2D eigenvalue weighted by Gasteiger charge is -2.44. The van der Waals surface area contributed by atoms with Gasteiger partial charge in [0.25, 0.3) is 5.91 Å². The van der Waals surface area contributed by atoms with Gasteiger partial charge in [-0.05, 0) is 49.8 Å². The summed E-state index contributed by atoms with van der Waals surface area (Å²) in [6, 6.07) is 15.5. The molecule has 40 heavy (non-hydrogen) atoms. The van der Waals surface area contributed by atoms with Crippen molar-refractivity contribution in [2.45, 2.75) is 49.7 Å². The highest BCUT2D eigenvalue weighted by Gasteiger charge is 2.51. The van der Waals surface area contributed by atoms with E-state index < -0.39 is 17.6 Å². The van der Waals surface area contributed by atoms with Crippen molar-refractivity contribution in [3.63, 3.8) is 0 Å². The predicted octanol–water partition coefficient (Wildman–Crippen LogP) is 1.18. The van der Waals surface area contributed by atoms with Gasteiger partial charge in [-0.25, -0.2) is 9.99 Å². The summed E-state index contributed by atoms with van der Waals surface area (Å²) in [5, 5.41) is 6.65. The van der Waals surface area contributed by atoms with Gasteiger partial charge in [0.15, 0.2) is 11.0 Å². The number of ketones is 1. The van der Waals surface area contributed by atoms with Crippen molar-refractivity contribution in [3.05, 3.63) is 65.2 Å². The maximum absolute atomic E-state index is 13.7. The van der Waals surface area contributed by atoms with Crippen LogP contribution in [0.1, 0.15) is 41.0 Å². The second-order valence-corrected chi connectivity index (χ2v) is 11.4. The summed E-state index contributed by atoms with van der Waals surface area (Å²) in [7, 11) is 0. The van der Waals surface area contributed by atoms with Crippen LogP contribution >= 0.6 is 11.3 Å². The van der Waals surface area contributed by atoms with E-state index in [2.05, 4.69) is 15.3 Å². The van der Waals surface area contributed by atoms with Crippen LogP contribution in [0.2, 0.25) is 0 Å². The van der Waals surface area contributed by atoms with E-state index in [1.807, 2.05) is 59.6 Å². The van der Waals surface area contributed by atoms with Crippen LogP contribution in [0, 0.1) is 0 Å². The average molecular weight is 563 g/mol. The minimum atomic E-state index is -1.11. The fourth-order valence-corrected chi connectivity index (χ4v) is 6.34. The number of rotatable bonds is 10. The molecule has 0 aliphatic carbocycles. The molecule has 3 aromatic rings. The monoisotopic (exact) mass is 562 g/mol. The van der Waals surface area contributed by atoms with Crippen LogP contribution in [0.15, 0.2) is 59.6 Å². The Bertz CT molecular complexity index is 1390. The van der Waals surface area contributed by atoms with Gasteiger partial charge in [-0.1, -0.05) is 42.5 Å². The number of hydrogen-bond donors (Lipinski definition) is 4. The molecule has 0 saturated carbocycles. The van der Waals surface area contributed by atoms with E-state index in [1.165, 1.54) is 16.3 Å². The highest BCUT2D eigenvalue weighted by Crippen LogP contribution is 2.31. The number of nitrogens with one attached hydrogen (secondary N) is 1. The Morgan fingerprint density at radius 2 is 1.88 bits per heavy atom. The number of fused-ring (bicyclic) bond motifs is 2. The molecule has 0 spiro atoms. The molecule has 1 aromatic heterocycles. The molecule has 2 aliphatic rings. The molecule has 210 valence electrons. The maximum atomic E-state index is 13.7. The number of aliphatic imine (C=N–C) groups is 1. The molecule has 12 heteroatoms. The third-order valence-electron chi connectivity index (χ3n) is 7.46. The zero-order valence-corrected chi connectivity index (χ0v) is 23.0. The van der Waals surface area contributed by atoms with Gasteiger partial charge < -0.3 is 22.5 Å². The Morgan fingerprint density at radius 3 is 2.62 bits per heavy atom. The van der Waals surface area contributed by atoms with Crippen LogP contribution in [0.25, 0.3) is 10.2 Å². The number of Topliss-reactive ketones (excluding diaryl/α,β-unsaturated/α-hetero) is 1. The first-order valence-corrected chi connectivity index (χ1v) is 14.2. The zero-order valence-electron chi connectivity index (χ0n) is 22.2. The molecule has 0 bridgehead atoms. The van der Waals surface area contributed by atoms with Crippen LogP contribution < -0.4 is 22.5 Å². The second-order valence-electron chi connectivity index (χ2n) is 10.3. The number of guanidine groups is 1. The molecule has 3 heterocycles. The number of hydrogen-bond acceptors (Lipinski definition) is 8. The number of aromatic nitrogens is 1. The molecule has 2 aromatic carbocycles. The molecule has 2 amide bonds. The molecule has 2 aliphatic heterocycles. The van der Waals surface area contributed by atoms with E-state index in [0.29, 0.717) is 56.7 Å². The van der Waals surface area contributed by atoms with Gasteiger partial charge >= 0.3 is 0 Å². The lowest BCUT2D eigenvalue weighted by molar-refractivity contribution is -0.165. The minimum Gasteiger partial charge on any atom is -0.370 e. The average Bonchev–Trinajstić information content (AvgIpc) is 3.57. The first-order chi connectivity index (χ1) is 19.2. The SMILES string of the molecule is NC(N)=NCCCC(NC(=O)[C@@H]1CCN2CC[C@](N)(Cc3ccccc3)C(=O)N12)C(=O)c1nc2ccccc2s1. The number of benzene rings is 2. The van der Waals surface area contributed by atoms with Crippen molar-refractivity contribution in [3.8, 4) is 0 Å². The Morgan fingerprint density at radius 1 is 1.12 bits per heavy atom. The Labute approximate surface area is 236 Å². The number of hydrazine groups is 1. The molecule has 5 rings (SSSR count). The summed E-state index contributed by atoms with van der Waals surface area (Å²) >= 11 is 1.29. The summed E-state index contributed by atoms with van der Waals surface area (Å²) in [5.41, 5.74) is 18.1. The highest BCUT2D eigenvalue weighted by atomic mass is 32.1. The summed E-state index contributed by atoms with van der Waals surface area (Å²) < 4.78 is 0.888. The zero-order chi connectivity index (χ0) is 28.3. The van der Waals surface area contributed by atoms with Crippen LogP contribution in [0.5, 0.6) is 0 Å². The summed E-state index contributed by atoms with van der Waals surface area (Å²) in [6.45, 7) is 1.45. The predicted molar refractivity (Wildman–Crippen MR) is 154 cm³/mol. The van der Waals surface area contributed by atoms with Crippen LogP contribution in [0.3, 0.4) is 0 Å². The van der Waals surface area contributed by atoms with Gasteiger partial charge in [0, 0.05) is 19.6 Å². The number of thiazole rings is 1. The van der Waals surface area contributed by atoms with E-state index in [-0.39, 0.29) is 23.6 Å². The van der Waals surface area contributed by atoms with Crippen molar-refractivity contribution in [1.29, 1.82) is 0 Å². The van der Waals surface area contributed by atoms with Crippen LogP contribution in [-0.2, 0) is 16.0 Å². The lowest BCUT2D eigenvalue weighted by atomic mass is 9.85. The summed E-state index contributed by atoms with van der Waals surface area (Å²) in [4.78, 5) is 49.5. The molecule has 2 saturated heterocycles. The van der Waals surface area contributed by atoms with Crippen LogP contribution in [0.4, 0.5) is 0 Å². The van der Waals surface area contributed by atoms with Crippen molar-refractivity contribution in [2.24, 2.45) is 22.2 Å². The number of carbonyl (C=O) groups is 3. The molecule has 7 N–H and O–H groups in total. The summed E-state index contributed by atoms with van der Waals surface area (Å²) in [6.07, 6.45) is 2.12.